The molecule has 0 saturated heterocycles. The molecule has 1 aromatic carbocycles. The average Bonchev–Trinajstić information content (AvgIpc) is 2.42. The van der Waals surface area contributed by atoms with Gasteiger partial charge in [-0.1, -0.05) is 34.8 Å². The van der Waals surface area contributed by atoms with Gasteiger partial charge in [-0.2, -0.15) is 0 Å². The van der Waals surface area contributed by atoms with E-state index in [0.29, 0.717) is 22.8 Å². The third kappa shape index (κ3) is 3.98. The molecule has 0 aromatic heterocycles. The van der Waals surface area contributed by atoms with Gasteiger partial charge in [0.1, 0.15) is 6.61 Å². The first-order chi connectivity index (χ1) is 9.35. The highest BCUT2D eigenvalue weighted by Crippen LogP contribution is 2.40. The quantitative estimate of drug-likeness (QED) is 0.505. The summed E-state index contributed by atoms with van der Waals surface area (Å²) in [5.41, 5.74) is 0.629. The molecule has 20 heavy (non-hydrogen) atoms. The molecule has 0 bridgehead atoms. The van der Waals surface area contributed by atoms with Gasteiger partial charge in [0.15, 0.2) is 11.5 Å². The van der Waals surface area contributed by atoms with Crippen molar-refractivity contribution in [3.63, 3.8) is 0 Å². The van der Waals surface area contributed by atoms with Crippen molar-refractivity contribution in [2.75, 3.05) is 21.3 Å². The molecule has 1 rings (SSSR count). The molecule has 0 unspecified atom stereocenters. The molecule has 0 saturated carbocycles. The molecule has 0 radical (unpaired) electrons. The Morgan fingerprint density at radius 1 is 1.05 bits per heavy atom. The minimum absolute atomic E-state index is 0.00370. The zero-order chi connectivity index (χ0) is 15.3. The Balaban J connectivity index is 2.99. The molecule has 1 N–H and O–H groups in total. The Morgan fingerprint density at radius 3 is 2.10 bits per heavy atom. The van der Waals surface area contributed by atoms with Crippen molar-refractivity contribution < 1.29 is 18.9 Å². The van der Waals surface area contributed by atoms with Crippen LogP contribution in [0.4, 0.5) is 0 Å². The summed E-state index contributed by atoms with van der Waals surface area (Å²) in [6, 6.07) is 3.41. The first kappa shape index (κ1) is 17.0. The summed E-state index contributed by atoms with van der Waals surface area (Å²) < 4.78 is 18.9. The van der Waals surface area contributed by atoms with Crippen LogP contribution in [0, 0.1) is 5.41 Å². The Hall–Kier alpha value is -1.04. The lowest BCUT2D eigenvalue weighted by molar-refractivity contribution is 0.269. The van der Waals surface area contributed by atoms with Crippen molar-refractivity contribution in [1.82, 2.24) is 0 Å². The van der Waals surface area contributed by atoms with Crippen LogP contribution >= 0.6 is 34.8 Å². The first-order valence-electron chi connectivity index (χ1n) is 5.41. The molecule has 1 aromatic rings. The molecular weight excluding hydrogens is 328 g/mol. The maximum absolute atomic E-state index is 7.48. The minimum Gasteiger partial charge on any atom is -0.493 e. The Morgan fingerprint density at radius 2 is 1.65 bits per heavy atom. The molecule has 0 aliphatic rings. The number of ether oxygens (including phenoxy) is 4. The molecule has 0 atom stereocenters. The molecule has 0 fully saturated rings. The van der Waals surface area contributed by atoms with Gasteiger partial charge >= 0.3 is 0 Å². The predicted molar refractivity (Wildman–Crippen MR) is 78.9 cm³/mol. The molecule has 5 nitrogen and oxygen atoms in total. The summed E-state index contributed by atoms with van der Waals surface area (Å²) in [6.45, 7) is -0.00370. The topological polar surface area (TPSA) is 60.8 Å². The average molecular weight is 343 g/mol. The Labute approximate surface area is 132 Å². The fourth-order valence-corrected chi connectivity index (χ4v) is 1.67. The molecule has 0 spiro atoms. The van der Waals surface area contributed by atoms with Gasteiger partial charge in [-0.05, 0) is 12.1 Å². The highest BCUT2D eigenvalue weighted by molar-refractivity contribution is 6.76. The summed E-state index contributed by atoms with van der Waals surface area (Å²) in [5, 5.41) is 7.48. The van der Waals surface area contributed by atoms with Crippen LogP contribution in [-0.4, -0.2) is 31.0 Å². The molecule has 0 amide bonds. The highest BCUT2D eigenvalue weighted by Gasteiger charge is 2.29. The van der Waals surface area contributed by atoms with E-state index in [4.69, 9.17) is 59.2 Å². The highest BCUT2D eigenvalue weighted by atomic mass is 35.6. The van der Waals surface area contributed by atoms with Crippen molar-refractivity contribution in [2.45, 2.75) is 10.4 Å². The zero-order valence-electron chi connectivity index (χ0n) is 11.1. The second kappa shape index (κ2) is 7.11. The summed E-state index contributed by atoms with van der Waals surface area (Å²) in [6.07, 6.45) is 0. The van der Waals surface area contributed by atoms with Crippen molar-refractivity contribution in [3.05, 3.63) is 17.7 Å². The van der Waals surface area contributed by atoms with Gasteiger partial charge in [0.25, 0.3) is 3.79 Å². The fourth-order valence-electron chi connectivity index (χ4n) is 1.51. The lowest BCUT2D eigenvalue weighted by atomic mass is 10.2. The number of rotatable bonds is 5. The Bertz CT molecular complexity index is 488. The molecular formula is C12H14Cl3NO4. The van der Waals surface area contributed by atoms with E-state index in [9.17, 15) is 0 Å². The van der Waals surface area contributed by atoms with Gasteiger partial charge in [0, 0.05) is 5.56 Å². The monoisotopic (exact) mass is 341 g/mol. The summed E-state index contributed by atoms with van der Waals surface area (Å²) in [5.74, 6) is 0.907. The lowest BCUT2D eigenvalue weighted by Crippen LogP contribution is -2.21. The van der Waals surface area contributed by atoms with Crippen molar-refractivity contribution >= 4 is 40.7 Å². The van der Waals surface area contributed by atoms with Crippen LogP contribution < -0.4 is 14.2 Å². The number of methoxy groups -OCH3 is 3. The van der Waals surface area contributed by atoms with E-state index < -0.39 is 9.69 Å². The second-order valence-electron chi connectivity index (χ2n) is 3.61. The van der Waals surface area contributed by atoms with Crippen LogP contribution in [-0.2, 0) is 11.3 Å². The SMILES string of the molecule is COc1ccc(COC(=N)C(Cl)(Cl)Cl)c(OC)c1OC. The van der Waals surface area contributed by atoms with Crippen LogP contribution in [0.1, 0.15) is 5.56 Å². The number of hydrogen-bond acceptors (Lipinski definition) is 5. The molecule has 112 valence electrons. The van der Waals surface area contributed by atoms with Crippen LogP contribution in [0.2, 0.25) is 0 Å². The summed E-state index contributed by atoms with van der Waals surface area (Å²) in [7, 11) is 4.50. The van der Waals surface area contributed by atoms with Crippen molar-refractivity contribution in [1.29, 1.82) is 5.41 Å². The number of alkyl halides is 3. The van der Waals surface area contributed by atoms with Crippen LogP contribution in [0.3, 0.4) is 0 Å². The van der Waals surface area contributed by atoms with Gasteiger partial charge in [-0.3, -0.25) is 5.41 Å². The fraction of sp³-hybridized carbons (Fsp3) is 0.417. The van der Waals surface area contributed by atoms with Gasteiger partial charge < -0.3 is 18.9 Å². The standard InChI is InChI=1S/C12H14Cl3NO4/c1-17-8-5-4-7(9(18-2)10(8)19-3)6-20-11(16)12(13,14)15/h4-5,16H,6H2,1-3H3. The summed E-state index contributed by atoms with van der Waals surface area (Å²) >= 11 is 16.6. The van der Waals surface area contributed by atoms with E-state index in [-0.39, 0.29) is 6.61 Å². The first-order valence-corrected chi connectivity index (χ1v) is 6.54. The van der Waals surface area contributed by atoms with E-state index in [1.165, 1.54) is 21.3 Å². The van der Waals surface area contributed by atoms with Gasteiger partial charge in [-0.15, -0.1) is 0 Å². The number of hydrogen-bond donors (Lipinski definition) is 1. The second-order valence-corrected chi connectivity index (χ2v) is 5.89. The van der Waals surface area contributed by atoms with E-state index >= 15 is 0 Å². The minimum atomic E-state index is -1.90. The zero-order valence-corrected chi connectivity index (χ0v) is 13.4. The largest absolute Gasteiger partial charge is 0.493 e. The van der Waals surface area contributed by atoms with Crippen LogP contribution in [0.15, 0.2) is 12.1 Å². The van der Waals surface area contributed by atoms with E-state index in [2.05, 4.69) is 0 Å². The third-order valence-corrected chi connectivity index (χ3v) is 2.93. The van der Waals surface area contributed by atoms with Crippen LogP contribution in [0.25, 0.3) is 0 Å². The van der Waals surface area contributed by atoms with Gasteiger partial charge in [-0.25, -0.2) is 0 Å². The van der Waals surface area contributed by atoms with Gasteiger partial charge in [0.2, 0.25) is 11.6 Å². The molecule has 8 heteroatoms. The van der Waals surface area contributed by atoms with E-state index in [1.54, 1.807) is 12.1 Å². The number of nitrogens with one attached hydrogen (secondary N) is 1. The van der Waals surface area contributed by atoms with E-state index in [1.807, 2.05) is 0 Å². The summed E-state index contributed by atoms with van der Waals surface area (Å²) in [4.78, 5) is 0. The maximum atomic E-state index is 7.48. The van der Waals surface area contributed by atoms with Crippen molar-refractivity contribution in [3.8, 4) is 17.2 Å². The predicted octanol–water partition coefficient (Wildman–Crippen LogP) is 3.58. The molecule has 0 heterocycles. The number of benzene rings is 1. The van der Waals surface area contributed by atoms with Gasteiger partial charge in [0.05, 0.1) is 21.3 Å². The smallest absolute Gasteiger partial charge is 0.265 e. The maximum Gasteiger partial charge on any atom is 0.265 e. The third-order valence-electron chi connectivity index (χ3n) is 2.42. The normalized spacial score (nSPS) is 10.9. The van der Waals surface area contributed by atoms with Crippen molar-refractivity contribution in [2.24, 2.45) is 0 Å². The van der Waals surface area contributed by atoms with E-state index in [0.717, 1.165) is 0 Å². The molecule has 0 aliphatic heterocycles. The van der Waals surface area contributed by atoms with Crippen LogP contribution in [0.5, 0.6) is 17.2 Å². The number of halogens is 3. The lowest BCUT2D eigenvalue weighted by Gasteiger charge is -2.17. The molecule has 0 aliphatic carbocycles. The Kier molecular flexibility index (Phi) is 6.05.